The van der Waals surface area contributed by atoms with Crippen molar-refractivity contribution in [1.82, 2.24) is 0 Å². The Hall–Kier alpha value is -0.661. The van der Waals surface area contributed by atoms with Gasteiger partial charge in [-0.3, -0.25) is 0 Å². The molecule has 0 atom stereocenters. The first-order valence-electron chi connectivity index (χ1n) is 5.39. The van der Waals surface area contributed by atoms with Gasteiger partial charge in [-0.2, -0.15) is 0 Å². The fourth-order valence-electron chi connectivity index (χ4n) is 1.32. The van der Waals surface area contributed by atoms with Crippen molar-refractivity contribution in [2.45, 2.75) is 36.8 Å². The quantitative estimate of drug-likeness (QED) is 0.362. The molecule has 0 amide bonds. The molecule has 0 unspecified atom stereocenters. The van der Waals surface area contributed by atoms with E-state index in [0.717, 1.165) is 5.32 Å². The number of hydrogen-bond donors (Lipinski definition) is 2. The number of hydrogen-bond acceptors (Lipinski definition) is 2. The number of unbranched alkanes of at least 4 members (excludes halogenated alkanes) is 2. The first kappa shape index (κ1) is 12.4. The van der Waals surface area contributed by atoms with Crippen LogP contribution in [0.4, 0.5) is 5.69 Å². The summed E-state index contributed by atoms with van der Waals surface area (Å²) in [5, 5.41) is 11.9. The van der Waals surface area contributed by atoms with Gasteiger partial charge in [0.05, 0.1) is 0 Å². The van der Waals surface area contributed by atoms with Gasteiger partial charge < -0.3 is 0 Å². The van der Waals surface area contributed by atoms with Crippen LogP contribution in [0.5, 0.6) is 5.75 Å². The molecule has 0 saturated heterocycles. The summed E-state index contributed by atoms with van der Waals surface area (Å²) in [6.07, 6.45) is 3.98. The summed E-state index contributed by atoms with van der Waals surface area (Å²) in [6, 6.07) is 5.58. The van der Waals surface area contributed by atoms with Crippen molar-refractivity contribution in [2.24, 2.45) is 0 Å². The van der Waals surface area contributed by atoms with E-state index in [1.165, 1.54) is 30.1 Å². The second kappa shape index (κ2) is 6.76. The van der Waals surface area contributed by atoms with Gasteiger partial charge >= 0.3 is 97.8 Å². The average Bonchev–Trinajstić information content (AvgIpc) is 2.23. The summed E-state index contributed by atoms with van der Waals surface area (Å²) >= 11 is 0.664. The van der Waals surface area contributed by atoms with Gasteiger partial charge in [-0.1, -0.05) is 0 Å². The maximum absolute atomic E-state index is 9.42. The van der Waals surface area contributed by atoms with Gasteiger partial charge in [0.15, 0.2) is 0 Å². The third-order valence-corrected chi connectivity index (χ3v) is 4.59. The molecule has 15 heavy (non-hydrogen) atoms. The number of aromatic hydroxyl groups is 1. The number of phenolic OH excluding ortho intramolecular Hbond substituents is 1. The van der Waals surface area contributed by atoms with Crippen molar-refractivity contribution < 1.29 is 5.11 Å². The minimum absolute atomic E-state index is 0.219. The third kappa shape index (κ3) is 4.59. The van der Waals surface area contributed by atoms with Crippen molar-refractivity contribution >= 4 is 20.6 Å². The van der Waals surface area contributed by atoms with Gasteiger partial charge in [-0.05, 0) is 0 Å². The Balaban J connectivity index is 2.28. The van der Waals surface area contributed by atoms with Crippen LogP contribution in [0.2, 0.25) is 5.32 Å². The van der Waals surface area contributed by atoms with Gasteiger partial charge in [0.25, 0.3) is 0 Å². The predicted molar refractivity (Wildman–Crippen MR) is 66.3 cm³/mol. The van der Waals surface area contributed by atoms with Crippen molar-refractivity contribution in [3.05, 3.63) is 23.8 Å². The molecule has 0 saturated carbocycles. The second-order valence-corrected chi connectivity index (χ2v) is 5.97. The topological polar surface area (TPSA) is 46.2 Å². The molecule has 1 aromatic rings. The molecule has 0 bridgehead atoms. The first-order chi connectivity index (χ1) is 7.24. The van der Waals surface area contributed by atoms with E-state index < -0.39 is 0 Å². The standard InChI is InChI=1S/C12H19NOSe/c1-2-3-4-7-15-9-10-5-6-11(13)12(14)8-10/h5-6,8,14H,2-4,7,9,13H2,1H3. The molecule has 0 aliphatic rings. The molecule has 0 fully saturated rings. The summed E-state index contributed by atoms with van der Waals surface area (Å²) in [5.41, 5.74) is 7.21. The number of nitrogen functional groups attached to an aromatic ring is 1. The summed E-state index contributed by atoms with van der Waals surface area (Å²) in [5.74, 6) is 0.219. The predicted octanol–water partition coefficient (Wildman–Crippen LogP) is 2.79. The van der Waals surface area contributed by atoms with Crippen molar-refractivity contribution in [3.63, 3.8) is 0 Å². The number of rotatable bonds is 6. The third-order valence-electron chi connectivity index (χ3n) is 2.26. The second-order valence-electron chi connectivity index (χ2n) is 3.65. The summed E-state index contributed by atoms with van der Waals surface area (Å²) in [6.45, 7) is 2.23. The van der Waals surface area contributed by atoms with Gasteiger partial charge in [-0.25, -0.2) is 0 Å². The summed E-state index contributed by atoms with van der Waals surface area (Å²) < 4.78 is 0. The van der Waals surface area contributed by atoms with Gasteiger partial charge in [-0.15, -0.1) is 0 Å². The minimum atomic E-state index is 0.219. The van der Waals surface area contributed by atoms with E-state index in [1.807, 2.05) is 6.07 Å². The summed E-state index contributed by atoms with van der Waals surface area (Å²) in [4.78, 5) is 0. The van der Waals surface area contributed by atoms with E-state index in [-0.39, 0.29) is 5.75 Å². The maximum atomic E-state index is 9.42. The molecule has 84 valence electrons. The molecule has 1 aromatic carbocycles. The monoisotopic (exact) mass is 273 g/mol. The van der Waals surface area contributed by atoms with E-state index in [4.69, 9.17) is 5.73 Å². The zero-order valence-electron chi connectivity index (χ0n) is 9.20. The molecule has 0 radical (unpaired) electrons. The average molecular weight is 272 g/mol. The number of benzene rings is 1. The van der Waals surface area contributed by atoms with Crippen LogP contribution >= 0.6 is 0 Å². The fourth-order valence-corrected chi connectivity index (χ4v) is 3.35. The van der Waals surface area contributed by atoms with E-state index in [0.29, 0.717) is 20.6 Å². The van der Waals surface area contributed by atoms with Crippen LogP contribution in [0.1, 0.15) is 31.7 Å². The molecule has 1 rings (SSSR count). The Morgan fingerprint density at radius 3 is 2.80 bits per heavy atom. The van der Waals surface area contributed by atoms with E-state index >= 15 is 0 Å². The molecule has 3 N–H and O–H groups in total. The molecule has 0 aromatic heterocycles. The van der Waals surface area contributed by atoms with Crippen LogP contribution in [0, 0.1) is 0 Å². The van der Waals surface area contributed by atoms with Crippen LogP contribution < -0.4 is 5.73 Å². The Labute approximate surface area is 98.0 Å². The Kier molecular flexibility index (Phi) is 5.59. The Morgan fingerprint density at radius 2 is 2.13 bits per heavy atom. The normalized spacial score (nSPS) is 10.5. The zero-order chi connectivity index (χ0) is 11.1. The van der Waals surface area contributed by atoms with Crippen LogP contribution in [-0.2, 0) is 5.32 Å². The summed E-state index contributed by atoms with van der Waals surface area (Å²) in [7, 11) is 0. The zero-order valence-corrected chi connectivity index (χ0v) is 10.9. The van der Waals surface area contributed by atoms with Crippen molar-refractivity contribution in [3.8, 4) is 5.75 Å². The Bertz CT molecular complexity index is 302. The fraction of sp³-hybridized carbons (Fsp3) is 0.500. The van der Waals surface area contributed by atoms with E-state index in [2.05, 4.69) is 6.92 Å². The first-order valence-corrected chi connectivity index (χ1v) is 7.81. The SMILES string of the molecule is CCCCC[Se]Cc1ccc(N)c(O)c1. The molecule has 2 nitrogen and oxygen atoms in total. The van der Waals surface area contributed by atoms with E-state index in [9.17, 15) is 5.11 Å². The number of phenols is 1. The van der Waals surface area contributed by atoms with Gasteiger partial charge in [0.2, 0.25) is 0 Å². The molecule has 0 spiro atoms. The van der Waals surface area contributed by atoms with Crippen LogP contribution in [-0.4, -0.2) is 20.1 Å². The Morgan fingerprint density at radius 1 is 1.33 bits per heavy atom. The molecular formula is C12H19NOSe. The van der Waals surface area contributed by atoms with Crippen LogP contribution in [0.3, 0.4) is 0 Å². The molecule has 0 aliphatic heterocycles. The van der Waals surface area contributed by atoms with Crippen molar-refractivity contribution in [2.75, 3.05) is 5.73 Å². The molecule has 0 aliphatic carbocycles. The van der Waals surface area contributed by atoms with Gasteiger partial charge in [0.1, 0.15) is 0 Å². The number of nitrogens with two attached hydrogens (primary N) is 1. The molecule has 0 heterocycles. The number of anilines is 1. The van der Waals surface area contributed by atoms with Crippen LogP contribution in [0.15, 0.2) is 18.2 Å². The van der Waals surface area contributed by atoms with Gasteiger partial charge in [0, 0.05) is 0 Å². The van der Waals surface area contributed by atoms with Crippen molar-refractivity contribution in [1.29, 1.82) is 0 Å². The van der Waals surface area contributed by atoms with E-state index in [1.54, 1.807) is 12.1 Å². The molecular weight excluding hydrogens is 253 g/mol. The molecule has 3 heteroatoms. The van der Waals surface area contributed by atoms with Crippen LogP contribution in [0.25, 0.3) is 0 Å².